The number of benzene rings is 2. The highest BCUT2D eigenvalue weighted by Gasteiger charge is 2.13. The Balaban J connectivity index is 1.79. The average Bonchev–Trinajstić information content (AvgIpc) is 3.10. The average molecular weight is 328 g/mol. The first-order chi connectivity index (χ1) is 11.2. The number of amides is 1. The fourth-order valence-electron chi connectivity index (χ4n) is 2.18. The van der Waals surface area contributed by atoms with Crippen molar-refractivity contribution >= 4 is 23.2 Å². The maximum Gasteiger partial charge on any atom is 0.259 e. The number of halogens is 1. The lowest BCUT2D eigenvalue weighted by molar-refractivity contribution is 0.102. The molecule has 23 heavy (non-hydrogen) atoms. The van der Waals surface area contributed by atoms with Crippen molar-refractivity contribution in [2.24, 2.45) is 0 Å². The Hall–Kier alpha value is -2.79. The third kappa shape index (κ3) is 3.35. The van der Waals surface area contributed by atoms with E-state index in [-0.39, 0.29) is 5.91 Å². The number of hydrogen-bond acceptors (Lipinski definition) is 3. The van der Waals surface area contributed by atoms with Crippen LogP contribution in [-0.4, -0.2) is 22.6 Å². The summed E-state index contributed by atoms with van der Waals surface area (Å²) in [4.78, 5) is 16.4. The van der Waals surface area contributed by atoms with Crippen molar-refractivity contribution in [2.75, 3.05) is 12.4 Å². The van der Waals surface area contributed by atoms with Gasteiger partial charge in [-0.1, -0.05) is 11.6 Å². The number of nitrogens with one attached hydrogen (secondary N) is 1. The maximum absolute atomic E-state index is 12.4. The number of anilines is 1. The molecule has 0 saturated carbocycles. The molecule has 0 radical (unpaired) electrons. The lowest BCUT2D eigenvalue weighted by atomic mass is 10.1. The Morgan fingerprint density at radius 3 is 2.65 bits per heavy atom. The molecule has 0 spiro atoms. The van der Waals surface area contributed by atoms with E-state index in [1.165, 1.54) is 7.11 Å². The summed E-state index contributed by atoms with van der Waals surface area (Å²) in [7, 11) is 1.51. The zero-order valence-corrected chi connectivity index (χ0v) is 13.1. The summed E-state index contributed by atoms with van der Waals surface area (Å²) in [5, 5.41) is 3.31. The quantitative estimate of drug-likeness (QED) is 0.793. The van der Waals surface area contributed by atoms with Crippen LogP contribution < -0.4 is 10.1 Å². The van der Waals surface area contributed by atoms with E-state index in [0.717, 1.165) is 5.69 Å². The third-order valence-electron chi connectivity index (χ3n) is 3.33. The largest absolute Gasteiger partial charge is 0.496 e. The minimum absolute atomic E-state index is 0.278. The molecule has 116 valence electrons. The molecule has 1 aromatic heterocycles. The number of carbonyl (C=O) groups is 1. The van der Waals surface area contributed by atoms with E-state index in [1.807, 2.05) is 35.0 Å². The van der Waals surface area contributed by atoms with Crippen molar-refractivity contribution in [3.8, 4) is 11.4 Å². The topological polar surface area (TPSA) is 56.1 Å². The SMILES string of the molecule is COc1ccc(Cl)cc1C(=O)Nc1ccc(-n2ccnc2)cc1. The Kier molecular flexibility index (Phi) is 4.30. The van der Waals surface area contributed by atoms with Gasteiger partial charge in [-0.25, -0.2) is 4.98 Å². The Morgan fingerprint density at radius 2 is 2.00 bits per heavy atom. The van der Waals surface area contributed by atoms with Gasteiger partial charge in [0.05, 0.1) is 19.0 Å². The molecule has 0 aliphatic rings. The number of aromatic nitrogens is 2. The molecule has 2 aromatic carbocycles. The van der Waals surface area contributed by atoms with Gasteiger partial charge in [0.1, 0.15) is 5.75 Å². The van der Waals surface area contributed by atoms with Crippen LogP contribution in [0.4, 0.5) is 5.69 Å². The van der Waals surface area contributed by atoms with E-state index in [0.29, 0.717) is 22.0 Å². The Bertz CT molecular complexity index is 814. The molecular weight excluding hydrogens is 314 g/mol. The molecule has 1 N–H and O–H groups in total. The van der Waals surface area contributed by atoms with Crippen LogP contribution in [0, 0.1) is 0 Å². The van der Waals surface area contributed by atoms with Crippen LogP contribution in [0.2, 0.25) is 5.02 Å². The lowest BCUT2D eigenvalue weighted by Gasteiger charge is -2.10. The van der Waals surface area contributed by atoms with E-state index in [2.05, 4.69) is 10.3 Å². The van der Waals surface area contributed by atoms with Crippen molar-refractivity contribution in [3.05, 3.63) is 71.8 Å². The van der Waals surface area contributed by atoms with Crippen molar-refractivity contribution in [2.45, 2.75) is 0 Å². The molecule has 0 unspecified atom stereocenters. The van der Waals surface area contributed by atoms with E-state index in [1.54, 1.807) is 30.7 Å². The summed E-state index contributed by atoms with van der Waals surface area (Å²) in [5.74, 6) is 0.196. The highest BCUT2D eigenvalue weighted by molar-refractivity contribution is 6.31. The van der Waals surface area contributed by atoms with E-state index < -0.39 is 0 Å². The van der Waals surface area contributed by atoms with Crippen molar-refractivity contribution in [1.29, 1.82) is 0 Å². The fourth-order valence-corrected chi connectivity index (χ4v) is 2.36. The first kappa shape index (κ1) is 15.1. The molecule has 5 nitrogen and oxygen atoms in total. The van der Waals surface area contributed by atoms with Crippen LogP contribution in [0.5, 0.6) is 5.75 Å². The highest BCUT2D eigenvalue weighted by Crippen LogP contribution is 2.24. The zero-order valence-electron chi connectivity index (χ0n) is 12.4. The molecule has 0 fully saturated rings. The number of imidazole rings is 1. The zero-order chi connectivity index (χ0) is 16.2. The van der Waals surface area contributed by atoms with Gasteiger partial charge in [0.2, 0.25) is 0 Å². The normalized spacial score (nSPS) is 10.3. The number of carbonyl (C=O) groups excluding carboxylic acids is 1. The molecular formula is C17H14ClN3O2. The van der Waals surface area contributed by atoms with E-state index in [4.69, 9.17) is 16.3 Å². The lowest BCUT2D eigenvalue weighted by Crippen LogP contribution is -2.13. The summed E-state index contributed by atoms with van der Waals surface area (Å²) in [6, 6.07) is 12.4. The van der Waals surface area contributed by atoms with Gasteiger partial charge in [-0.05, 0) is 42.5 Å². The first-order valence-electron chi connectivity index (χ1n) is 6.90. The van der Waals surface area contributed by atoms with E-state index >= 15 is 0 Å². The summed E-state index contributed by atoms with van der Waals surface area (Å²) >= 11 is 5.95. The first-order valence-corrected chi connectivity index (χ1v) is 7.28. The Labute approximate surface area is 138 Å². The van der Waals surface area contributed by atoms with Crippen LogP contribution in [0.3, 0.4) is 0 Å². The summed E-state index contributed by atoms with van der Waals surface area (Å²) in [5.41, 5.74) is 2.03. The standard InChI is InChI=1S/C17H14ClN3O2/c1-23-16-7-2-12(18)10-15(16)17(22)20-13-3-5-14(6-4-13)21-9-8-19-11-21/h2-11H,1H3,(H,20,22). The maximum atomic E-state index is 12.4. The van der Waals surface area contributed by atoms with Gasteiger partial charge in [0.15, 0.2) is 0 Å². The van der Waals surface area contributed by atoms with Crippen LogP contribution in [0.1, 0.15) is 10.4 Å². The number of nitrogens with zero attached hydrogens (tertiary/aromatic N) is 2. The number of methoxy groups -OCH3 is 1. The van der Waals surface area contributed by atoms with Crippen molar-refractivity contribution < 1.29 is 9.53 Å². The van der Waals surface area contributed by atoms with Gasteiger partial charge < -0.3 is 14.6 Å². The molecule has 3 rings (SSSR count). The third-order valence-corrected chi connectivity index (χ3v) is 3.57. The number of hydrogen-bond donors (Lipinski definition) is 1. The molecule has 0 bridgehead atoms. The molecule has 6 heteroatoms. The van der Waals surface area contributed by atoms with Gasteiger partial charge in [-0.3, -0.25) is 4.79 Å². The highest BCUT2D eigenvalue weighted by atomic mass is 35.5. The Morgan fingerprint density at radius 1 is 1.22 bits per heavy atom. The predicted molar refractivity (Wildman–Crippen MR) is 89.5 cm³/mol. The second kappa shape index (κ2) is 6.54. The van der Waals surface area contributed by atoms with E-state index in [9.17, 15) is 4.79 Å². The van der Waals surface area contributed by atoms with Crippen LogP contribution >= 0.6 is 11.6 Å². The van der Waals surface area contributed by atoms with Crippen LogP contribution in [0.25, 0.3) is 5.69 Å². The van der Waals surface area contributed by atoms with Crippen molar-refractivity contribution in [3.63, 3.8) is 0 Å². The molecule has 0 aliphatic carbocycles. The fraction of sp³-hybridized carbons (Fsp3) is 0.0588. The van der Waals surface area contributed by atoms with Gasteiger partial charge in [-0.2, -0.15) is 0 Å². The van der Waals surface area contributed by atoms with Gasteiger partial charge in [0.25, 0.3) is 5.91 Å². The molecule has 0 saturated heterocycles. The number of ether oxygens (including phenoxy) is 1. The summed E-state index contributed by atoms with van der Waals surface area (Å²) in [6.07, 6.45) is 5.27. The smallest absolute Gasteiger partial charge is 0.259 e. The second-order valence-corrected chi connectivity index (χ2v) is 5.25. The predicted octanol–water partition coefficient (Wildman–Crippen LogP) is 3.79. The van der Waals surface area contributed by atoms with Crippen molar-refractivity contribution in [1.82, 2.24) is 9.55 Å². The molecule has 1 heterocycles. The molecule has 1 amide bonds. The van der Waals surface area contributed by atoms with Crippen LogP contribution in [-0.2, 0) is 0 Å². The van der Waals surface area contributed by atoms with Gasteiger partial charge in [-0.15, -0.1) is 0 Å². The van der Waals surface area contributed by atoms with Gasteiger partial charge in [0, 0.05) is 28.8 Å². The molecule has 0 atom stereocenters. The molecule has 3 aromatic rings. The minimum Gasteiger partial charge on any atom is -0.496 e. The van der Waals surface area contributed by atoms with Crippen LogP contribution in [0.15, 0.2) is 61.2 Å². The monoisotopic (exact) mass is 327 g/mol. The minimum atomic E-state index is -0.278. The summed E-state index contributed by atoms with van der Waals surface area (Å²) in [6.45, 7) is 0. The second-order valence-electron chi connectivity index (χ2n) is 4.82. The van der Waals surface area contributed by atoms with Gasteiger partial charge >= 0.3 is 0 Å². The molecule has 0 aliphatic heterocycles. The number of rotatable bonds is 4. The summed E-state index contributed by atoms with van der Waals surface area (Å²) < 4.78 is 7.08.